The number of esters is 3. The topological polar surface area (TPSA) is 78.9 Å². The molecule has 3 atom stereocenters. The zero-order valence-electron chi connectivity index (χ0n) is 46.7. The Morgan fingerprint density at radius 3 is 0.765 bits per heavy atom. The van der Waals surface area contributed by atoms with E-state index < -0.39 is 6.10 Å². The summed E-state index contributed by atoms with van der Waals surface area (Å²) in [4.78, 5) is 38.2. The molecule has 404 valence electrons. The fourth-order valence-electron chi connectivity index (χ4n) is 9.52. The van der Waals surface area contributed by atoms with Crippen molar-refractivity contribution in [3.8, 4) is 0 Å². The van der Waals surface area contributed by atoms with E-state index in [2.05, 4.69) is 34.6 Å². The number of hydrogen-bond donors (Lipinski definition) is 0. The van der Waals surface area contributed by atoms with E-state index in [9.17, 15) is 14.4 Å². The first-order valence-electron chi connectivity index (χ1n) is 30.8. The monoisotopic (exact) mass is 961 g/mol. The Kier molecular flexibility index (Phi) is 53.5. The Morgan fingerprint density at radius 2 is 0.515 bits per heavy atom. The van der Waals surface area contributed by atoms with Gasteiger partial charge in [-0.15, -0.1) is 0 Å². The van der Waals surface area contributed by atoms with Gasteiger partial charge in [0.25, 0.3) is 0 Å². The standard InChI is InChI=1S/C62H120O6/c1-6-9-10-11-12-13-14-15-16-17-18-19-24-27-34-39-44-49-54-62(65)68-59(56-67-61(64)53-48-43-38-33-29-28-31-36-41-46-51-58(5)8-3)55-66-60(63)52-47-42-37-32-26-23-21-20-22-25-30-35-40-45-50-57(4)7-2/h57-59H,6-56H2,1-5H3/t57?,58?,59-/m0/s1. The maximum Gasteiger partial charge on any atom is 0.306 e. The molecule has 0 fully saturated rings. The quantitative estimate of drug-likeness (QED) is 0.0343. The largest absolute Gasteiger partial charge is 0.462 e. The van der Waals surface area contributed by atoms with Gasteiger partial charge in [0.15, 0.2) is 6.10 Å². The minimum Gasteiger partial charge on any atom is -0.462 e. The van der Waals surface area contributed by atoms with Crippen LogP contribution in [0.15, 0.2) is 0 Å². The highest BCUT2D eigenvalue weighted by Gasteiger charge is 2.19. The van der Waals surface area contributed by atoms with E-state index in [0.717, 1.165) is 69.6 Å². The molecule has 0 aliphatic heterocycles. The molecule has 0 saturated carbocycles. The van der Waals surface area contributed by atoms with Gasteiger partial charge in [0.05, 0.1) is 0 Å². The third kappa shape index (κ3) is 52.2. The fourth-order valence-corrected chi connectivity index (χ4v) is 9.52. The molecule has 0 aromatic rings. The first-order chi connectivity index (χ1) is 33.3. The predicted molar refractivity (Wildman–Crippen MR) is 293 cm³/mol. The van der Waals surface area contributed by atoms with Gasteiger partial charge in [-0.05, 0) is 31.1 Å². The SMILES string of the molecule is CCCCCCCCCCCCCCCCCCCCC(=O)O[C@@H](COC(=O)CCCCCCCCCCCCCCCCC(C)CC)COC(=O)CCCCCCCCCCCCC(C)CC. The number of unbranched alkanes of at least 4 members (excludes halogenated alkanes) is 39. The van der Waals surface area contributed by atoms with Crippen LogP contribution in [0.2, 0.25) is 0 Å². The highest BCUT2D eigenvalue weighted by atomic mass is 16.6. The molecule has 0 aromatic heterocycles. The molecule has 0 bridgehead atoms. The summed E-state index contributed by atoms with van der Waals surface area (Å²) in [7, 11) is 0. The molecule has 0 saturated heterocycles. The van der Waals surface area contributed by atoms with Crippen LogP contribution in [-0.4, -0.2) is 37.2 Å². The molecule has 0 radical (unpaired) electrons. The molecule has 0 aliphatic rings. The molecule has 0 rings (SSSR count). The molecule has 68 heavy (non-hydrogen) atoms. The van der Waals surface area contributed by atoms with E-state index in [1.165, 1.54) is 238 Å². The second-order valence-electron chi connectivity index (χ2n) is 21.8. The summed E-state index contributed by atoms with van der Waals surface area (Å²) in [5, 5.41) is 0. The molecule has 0 heterocycles. The van der Waals surface area contributed by atoms with Crippen LogP contribution in [0.1, 0.15) is 349 Å². The Bertz CT molecular complexity index is 1040. The molecule has 0 N–H and O–H groups in total. The van der Waals surface area contributed by atoms with Crippen molar-refractivity contribution < 1.29 is 28.6 Å². The van der Waals surface area contributed by atoms with Crippen molar-refractivity contribution in [3.05, 3.63) is 0 Å². The van der Waals surface area contributed by atoms with Crippen LogP contribution >= 0.6 is 0 Å². The summed E-state index contributed by atoms with van der Waals surface area (Å²) in [6, 6.07) is 0. The zero-order chi connectivity index (χ0) is 49.6. The van der Waals surface area contributed by atoms with Crippen molar-refractivity contribution in [1.82, 2.24) is 0 Å². The summed E-state index contributed by atoms with van der Waals surface area (Å²) in [5.41, 5.74) is 0. The maximum absolute atomic E-state index is 12.9. The highest BCUT2D eigenvalue weighted by molar-refractivity contribution is 5.71. The fraction of sp³-hybridized carbons (Fsp3) is 0.952. The van der Waals surface area contributed by atoms with Gasteiger partial charge in [-0.2, -0.15) is 0 Å². The molecule has 0 aliphatic carbocycles. The number of carbonyl (C=O) groups is 3. The molecule has 0 aromatic carbocycles. The van der Waals surface area contributed by atoms with Crippen molar-refractivity contribution in [3.63, 3.8) is 0 Å². The summed E-state index contributed by atoms with van der Waals surface area (Å²) in [6.45, 7) is 11.5. The second kappa shape index (κ2) is 54.7. The average molecular weight is 962 g/mol. The zero-order valence-corrected chi connectivity index (χ0v) is 46.7. The van der Waals surface area contributed by atoms with E-state index in [0.29, 0.717) is 19.3 Å². The van der Waals surface area contributed by atoms with Crippen molar-refractivity contribution >= 4 is 17.9 Å². The smallest absolute Gasteiger partial charge is 0.306 e. The van der Waals surface area contributed by atoms with Gasteiger partial charge in [-0.3, -0.25) is 14.4 Å². The molecule has 6 nitrogen and oxygen atoms in total. The summed E-state index contributed by atoms with van der Waals surface area (Å²) in [6.07, 6.45) is 59.4. The number of rotatable bonds is 56. The van der Waals surface area contributed by atoms with Gasteiger partial charge in [0.2, 0.25) is 0 Å². The third-order valence-corrected chi connectivity index (χ3v) is 14.9. The Morgan fingerprint density at radius 1 is 0.294 bits per heavy atom. The summed E-state index contributed by atoms with van der Waals surface area (Å²) in [5.74, 6) is 0.930. The van der Waals surface area contributed by atoms with Crippen molar-refractivity contribution in [2.45, 2.75) is 355 Å². The van der Waals surface area contributed by atoms with Crippen LogP contribution in [0, 0.1) is 11.8 Å². The second-order valence-corrected chi connectivity index (χ2v) is 21.8. The van der Waals surface area contributed by atoms with Crippen LogP contribution in [0.4, 0.5) is 0 Å². The van der Waals surface area contributed by atoms with Crippen molar-refractivity contribution in [1.29, 1.82) is 0 Å². The van der Waals surface area contributed by atoms with E-state index in [1.807, 2.05) is 0 Å². The van der Waals surface area contributed by atoms with E-state index in [-0.39, 0.29) is 31.1 Å². The van der Waals surface area contributed by atoms with Crippen molar-refractivity contribution in [2.75, 3.05) is 13.2 Å². The first kappa shape index (κ1) is 66.4. The Labute approximate surface area is 425 Å². The van der Waals surface area contributed by atoms with Crippen LogP contribution < -0.4 is 0 Å². The lowest BCUT2D eigenvalue weighted by Gasteiger charge is -2.18. The van der Waals surface area contributed by atoms with E-state index in [4.69, 9.17) is 14.2 Å². The minimum atomic E-state index is -0.763. The minimum absolute atomic E-state index is 0.0624. The third-order valence-electron chi connectivity index (χ3n) is 14.9. The van der Waals surface area contributed by atoms with Gasteiger partial charge in [-0.1, -0.05) is 311 Å². The lowest BCUT2D eigenvalue weighted by atomic mass is 9.99. The van der Waals surface area contributed by atoms with Gasteiger partial charge >= 0.3 is 17.9 Å². The number of ether oxygens (including phenoxy) is 3. The van der Waals surface area contributed by atoms with Crippen molar-refractivity contribution in [2.24, 2.45) is 11.8 Å². The molecular weight excluding hydrogens is 841 g/mol. The Hall–Kier alpha value is -1.59. The summed E-state index contributed by atoms with van der Waals surface area (Å²) >= 11 is 0. The van der Waals surface area contributed by atoms with Crippen LogP contribution in [0.5, 0.6) is 0 Å². The van der Waals surface area contributed by atoms with E-state index >= 15 is 0 Å². The molecule has 2 unspecified atom stereocenters. The van der Waals surface area contributed by atoms with Gasteiger partial charge in [0.1, 0.15) is 13.2 Å². The van der Waals surface area contributed by atoms with Crippen LogP contribution in [0.25, 0.3) is 0 Å². The first-order valence-corrected chi connectivity index (χ1v) is 30.8. The van der Waals surface area contributed by atoms with Gasteiger partial charge < -0.3 is 14.2 Å². The normalized spacial score (nSPS) is 12.8. The Balaban J connectivity index is 4.30. The number of carbonyl (C=O) groups excluding carboxylic acids is 3. The molecule has 0 spiro atoms. The van der Waals surface area contributed by atoms with Gasteiger partial charge in [-0.25, -0.2) is 0 Å². The van der Waals surface area contributed by atoms with Gasteiger partial charge in [0, 0.05) is 19.3 Å². The number of hydrogen-bond acceptors (Lipinski definition) is 6. The lowest BCUT2D eigenvalue weighted by Crippen LogP contribution is -2.30. The van der Waals surface area contributed by atoms with Crippen LogP contribution in [0.3, 0.4) is 0 Å². The predicted octanol–water partition coefficient (Wildman–Crippen LogP) is 20.4. The summed E-state index contributed by atoms with van der Waals surface area (Å²) < 4.78 is 16.9. The van der Waals surface area contributed by atoms with Crippen LogP contribution in [-0.2, 0) is 28.6 Å². The van der Waals surface area contributed by atoms with E-state index in [1.54, 1.807) is 0 Å². The lowest BCUT2D eigenvalue weighted by molar-refractivity contribution is -0.167. The highest BCUT2D eigenvalue weighted by Crippen LogP contribution is 2.19. The molecule has 0 amide bonds. The molecular formula is C62H120O6. The molecule has 6 heteroatoms. The maximum atomic E-state index is 12.9. The average Bonchev–Trinajstić information content (AvgIpc) is 3.34.